The van der Waals surface area contributed by atoms with Gasteiger partial charge in [0.05, 0.1) is 18.4 Å². The lowest BCUT2D eigenvalue weighted by Crippen LogP contribution is -2.32. The van der Waals surface area contributed by atoms with Gasteiger partial charge in [-0.15, -0.1) is 0 Å². The van der Waals surface area contributed by atoms with Crippen LogP contribution in [0.15, 0.2) is 29.1 Å². The fraction of sp³-hybridized carbons (Fsp3) is 0.300. The molecule has 1 aliphatic carbocycles. The molecule has 8 nitrogen and oxygen atoms in total. The van der Waals surface area contributed by atoms with Gasteiger partial charge in [0.1, 0.15) is 11.3 Å². The van der Waals surface area contributed by atoms with Gasteiger partial charge in [0, 0.05) is 17.7 Å². The Morgan fingerprint density at radius 3 is 2.54 bits per heavy atom. The Hall–Kier alpha value is -3.42. The van der Waals surface area contributed by atoms with Crippen LogP contribution in [0.1, 0.15) is 57.0 Å². The standard InChI is InChI=1S/C20H20N2O6/c1-20(2)8-14-11(15(23)9-20)7-12(18(25)22-14)17(24)21-13-5-4-10(19(26)27)6-16(13)28-3/h4-7H,8-9H2,1-3H3,(H,21,24)(H,22,25)(H,26,27). The van der Waals surface area contributed by atoms with E-state index < -0.39 is 17.4 Å². The number of amides is 1. The number of hydrogen-bond acceptors (Lipinski definition) is 5. The molecule has 0 bridgehead atoms. The molecule has 0 fully saturated rings. The third kappa shape index (κ3) is 3.66. The highest BCUT2D eigenvalue weighted by molar-refractivity contribution is 6.07. The van der Waals surface area contributed by atoms with Gasteiger partial charge in [0.25, 0.3) is 11.5 Å². The second-order valence-electron chi connectivity index (χ2n) is 7.52. The Bertz CT molecular complexity index is 1050. The number of aromatic amines is 1. The summed E-state index contributed by atoms with van der Waals surface area (Å²) in [5, 5.41) is 11.6. The van der Waals surface area contributed by atoms with E-state index in [1.54, 1.807) is 0 Å². The minimum Gasteiger partial charge on any atom is -0.495 e. The number of methoxy groups -OCH3 is 1. The van der Waals surface area contributed by atoms with Crippen molar-refractivity contribution in [2.24, 2.45) is 5.41 Å². The van der Waals surface area contributed by atoms with Gasteiger partial charge in [0.15, 0.2) is 5.78 Å². The number of aromatic carboxylic acids is 1. The molecule has 1 aromatic heterocycles. The number of nitrogens with one attached hydrogen (secondary N) is 2. The maximum absolute atomic E-state index is 12.6. The Morgan fingerprint density at radius 1 is 1.18 bits per heavy atom. The van der Waals surface area contributed by atoms with Crippen LogP contribution in [0, 0.1) is 5.41 Å². The van der Waals surface area contributed by atoms with Gasteiger partial charge in [-0.2, -0.15) is 0 Å². The van der Waals surface area contributed by atoms with Gasteiger partial charge in [-0.25, -0.2) is 4.79 Å². The number of H-pyrrole nitrogens is 1. The molecule has 0 aliphatic heterocycles. The van der Waals surface area contributed by atoms with Crippen molar-refractivity contribution in [2.45, 2.75) is 26.7 Å². The van der Waals surface area contributed by atoms with Crippen molar-refractivity contribution in [3.63, 3.8) is 0 Å². The molecule has 28 heavy (non-hydrogen) atoms. The Morgan fingerprint density at radius 2 is 1.89 bits per heavy atom. The van der Waals surface area contributed by atoms with Crippen molar-refractivity contribution in [2.75, 3.05) is 12.4 Å². The van der Waals surface area contributed by atoms with Crippen LogP contribution in [-0.4, -0.2) is 34.9 Å². The van der Waals surface area contributed by atoms with Crippen LogP contribution in [0.2, 0.25) is 0 Å². The number of ether oxygens (including phenoxy) is 1. The maximum atomic E-state index is 12.6. The minimum atomic E-state index is -1.14. The van der Waals surface area contributed by atoms with E-state index in [2.05, 4.69) is 10.3 Å². The Labute approximate surface area is 160 Å². The van der Waals surface area contributed by atoms with E-state index in [-0.39, 0.29) is 33.8 Å². The SMILES string of the molecule is COc1cc(C(=O)O)ccc1NC(=O)c1cc2c([nH]c1=O)CC(C)(C)CC2=O. The van der Waals surface area contributed by atoms with Gasteiger partial charge in [0.2, 0.25) is 0 Å². The van der Waals surface area contributed by atoms with E-state index >= 15 is 0 Å². The molecule has 3 N–H and O–H groups in total. The van der Waals surface area contributed by atoms with Crippen LogP contribution in [0.4, 0.5) is 5.69 Å². The van der Waals surface area contributed by atoms with E-state index in [4.69, 9.17) is 9.84 Å². The molecular formula is C20H20N2O6. The van der Waals surface area contributed by atoms with Crippen molar-refractivity contribution in [1.82, 2.24) is 4.98 Å². The highest BCUT2D eigenvalue weighted by Crippen LogP contribution is 2.33. The molecule has 8 heteroatoms. The lowest BCUT2D eigenvalue weighted by molar-refractivity contribution is 0.0696. The molecule has 2 aromatic rings. The quantitative estimate of drug-likeness (QED) is 0.744. The molecule has 0 saturated carbocycles. The molecule has 1 heterocycles. The number of carboxylic acids is 1. The molecule has 0 spiro atoms. The summed E-state index contributed by atoms with van der Waals surface area (Å²) < 4.78 is 5.12. The van der Waals surface area contributed by atoms with Crippen molar-refractivity contribution in [1.29, 1.82) is 0 Å². The highest BCUT2D eigenvalue weighted by Gasteiger charge is 2.32. The predicted molar refractivity (Wildman–Crippen MR) is 101 cm³/mol. The summed E-state index contributed by atoms with van der Waals surface area (Å²) in [5.74, 6) is -1.84. The summed E-state index contributed by atoms with van der Waals surface area (Å²) in [5.41, 5.74) is 0.0371. The van der Waals surface area contributed by atoms with Crippen LogP contribution in [0.3, 0.4) is 0 Å². The topological polar surface area (TPSA) is 126 Å². The van der Waals surface area contributed by atoms with Gasteiger partial charge < -0.3 is 20.1 Å². The van der Waals surface area contributed by atoms with E-state index in [1.807, 2.05) is 13.8 Å². The molecule has 0 atom stereocenters. The fourth-order valence-electron chi connectivity index (χ4n) is 3.31. The zero-order valence-electron chi connectivity index (χ0n) is 15.7. The van der Waals surface area contributed by atoms with Crippen LogP contribution < -0.4 is 15.6 Å². The number of aromatic nitrogens is 1. The summed E-state index contributed by atoms with van der Waals surface area (Å²) in [6.45, 7) is 3.89. The molecule has 0 unspecified atom stereocenters. The number of hydrogen-bond donors (Lipinski definition) is 3. The number of anilines is 1. The van der Waals surface area contributed by atoms with Crippen molar-refractivity contribution in [3.8, 4) is 5.75 Å². The second kappa shape index (κ2) is 6.95. The molecule has 1 amide bonds. The first kappa shape index (κ1) is 19.3. The summed E-state index contributed by atoms with van der Waals surface area (Å²) in [6, 6.07) is 5.27. The number of benzene rings is 1. The summed E-state index contributed by atoms with van der Waals surface area (Å²) in [4.78, 5) is 51.2. The van der Waals surface area contributed by atoms with Crippen molar-refractivity contribution in [3.05, 3.63) is 57.0 Å². The molecule has 0 radical (unpaired) electrons. The number of pyridine rings is 1. The summed E-state index contributed by atoms with van der Waals surface area (Å²) in [6.07, 6.45) is 0.868. The largest absolute Gasteiger partial charge is 0.495 e. The first-order valence-corrected chi connectivity index (χ1v) is 8.63. The van der Waals surface area contributed by atoms with Gasteiger partial charge in [-0.05, 0) is 36.1 Å². The van der Waals surface area contributed by atoms with Crippen LogP contribution >= 0.6 is 0 Å². The van der Waals surface area contributed by atoms with Crippen molar-refractivity contribution < 1.29 is 24.2 Å². The summed E-state index contributed by atoms with van der Waals surface area (Å²) in [7, 11) is 1.34. The molecule has 1 aliphatic rings. The Balaban J connectivity index is 1.94. The number of Topliss-reactive ketones (excluding diaryl/α,β-unsaturated/α-hetero) is 1. The number of ketones is 1. The number of carbonyl (C=O) groups excluding carboxylic acids is 2. The van der Waals surface area contributed by atoms with E-state index in [0.29, 0.717) is 24.1 Å². The first-order valence-electron chi connectivity index (χ1n) is 8.63. The molecular weight excluding hydrogens is 364 g/mol. The maximum Gasteiger partial charge on any atom is 0.335 e. The molecule has 0 saturated heterocycles. The minimum absolute atomic E-state index is 0.00492. The third-order valence-electron chi connectivity index (χ3n) is 4.66. The van der Waals surface area contributed by atoms with Gasteiger partial charge in [-0.3, -0.25) is 14.4 Å². The first-order chi connectivity index (χ1) is 13.1. The van der Waals surface area contributed by atoms with E-state index in [0.717, 1.165) is 0 Å². The lowest BCUT2D eigenvalue weighted by atomic mass is 9.75. The zero-order chi connectivity index (χ0) is 20.6. The summed E-state index contributed by atoms with van der Waals surface area (Å²) >= 11 is 0. The number of fused-ring (bicyclic) bond motifs is 1. The number of carboxylic acid groups (broad SMARTS) is 1. The highest BCUT2D eigenvalue weighted by atomic mass is 16.5. The van der Waals surface area contributed by atoms with E-state index in [1.165, 1.54) is 31.4 Å². The molecule has 1 aromatic carbocycles. The number of rotatable bonds is 4. The van der Waals surface area contributed by atoms with Crippen LogP contribution in [-0.2, 0) is 6.42 Å². The second-order valence-corrected chi connectivity index (χ2v) is 7.52. The van der Waals surface area contributed by atoms with Crippen LogP contribution in [0.25, 0.3) is 0 Å². The average molecular weight is 384 g/mol. The average Bonchev–Trinajstić information content (AvgIpc) is 2.60. The smallest absolute Gasteiger partial charge is 0.335 e. The van der Waals surface area contributed by atoms with Crippen LogP contribution in [0.5, 0.6) is 5.75 Å². The van der Waals surface area contributed by atoms with Gasteiger partial charge >= 0.3 is 5.97 Å². The fourth-order valence-corrected chi connectivity index (χ4v) is 3.31. The number of carbonyl (C=O) groups is 3. The third-order valence-corrected chi connectivity index (χ3v) is 4.66. The van der Waals surface area contributed by atoms with E-state index in [9.17, 15) is 19.2 Å². The normalized spacial score (nSPS) is 14.9. The predicted octanol–water partition coefficient (Wildman–Crippen LogP) is 2.49. The molecule has 3 rings (SSSR count). The molecule has 146 valence electrons. The monoisotopic (exact) mass is 384 g/mol. The lowest BCUT2D eigenvalue weighted by Gasteiger charge is -2.29. The van der Waals surface area contributed by atoms with Crippen molar-refractivity contribution >= 4 is 23.3 Å². The van der Waals surface area contributed by atoms with Gasteiger partial charge in [-0.1, -0.05) is 13.8 Å². The zero-order valence-corrected chi connectivity index (χ0v) is 15.7. The Kier molecular flexibility index (Phi) is 4.80.